The lowest BCUT2D eigenvalue weighted by atomic mass is 9.92. The molecule has 27 heavy (non-hydrogen) atoms. The summed E-state index contributed by atoms with van der Waals surface area (Å²) in [4.78, 5) is 12.8. The lowest BCUT2D eigenvalue weighted by Gasteiger charge is -2.14. The summed E-state index contributed by atoms with van der Waals surface area (Å²) < 4.78 is 15.0. The maximum atomic E-state index is 13.3. The number of hydrazine groups is 1. The van der Waals surface area contributed by atoms with Gasteiger partial charge in [0.15, 0.2) is 0 Å². The summed E-state index contributed by atoms with van der Waals surface area (Å²) in [7, 11) is 0. The number of rotatable bonds is 4. The molecule has 1 amide bonds. The number of benzene rings is 1. The van der Waals surface area contributed by atoms with Gasteiger partial charge in [-0.15, -0.1) is 0 Å². The Morgan fingerprint density at radius 2 is 1.93 bits per heavy atom. The number of hydrogen-bond donors (Lipinski definition) is 3. The van der Waals surface area contributed by atoms with Gasteiger partial charge >= 0.3 is 0 Å². The van der Waals surface area contributed by atoms with Crippen LogP contribution in [0.2, 0.25) is 0 Å². The topological polar surface area (TPSA) is 71.0 Å². The minimum atomic E-state index is -0.313. The first kappa shape index (κ1) is 19.5. The smallest absolute Gasteiger partial charge is 0.244 e. The number of carbonyl (C=O) groups excluding carboxylic acids is 1. The highest BCUT2D eigenvalue weighted by molar-refractivity contribution is 5.94. The zero-order valence-electron chi connectivity index (χ0n) is 16.5. The first-order chi connectivity index (χ1) is 12.6. The zero-order valence-corrected chi connectivity index (χ0v) is 16.5. The van der Waals surface area contributed by atoms with Crippen LogP contribution in [-0.4, -0.2) is 27.8 Å². The number of carbonyl (C=O) groups is 1. The van der Waals surface area contributed by atoms with Crippen LogP contribution in [0.4, 0.5) is 10.2 Å². The second-order valence-electron chi connectivity index (χ2n) is 8.47. The van der Waals surface area contributed by atoms with Gasteiger partial charge in [0.1, 0.15) is 17.7 Å². The van der Waals surface area contributed by atoms with Gasteiger partial charge in [-0.3, -0.25) is 10.2 Å². The molecule has 3 N–H and O–H groups in total. The van der Waals surface area contributed by atoms with Crippen molar-refractivity contribution in [3.8, 4) is 5.69 Å². The van der Waals surface area contributed by atoms with Crippen LogP contribution in [0, 0.1) is 11.7 Å². The van der Waals surface area contributed by atoms with Crippen LogP contribution in [0.25, 0.3) is 5.69 Å². The Kier molecular flexibility index (Phi) is 5.35. The van der Waals surface area contributed by atoms with Crippen molar-refractivity contribution in [3.05, 3.63) is 41.8 Å². The van der Waals surface area contributed by atoms with Crippen LogP contribution in [0.3, 0.4) is 0 Å². The van der Waals surface area contributed by atoms with E-state index in [0.717, 1.165) is 12.1 Å². The summed E-state index contributed by atoms with van der Waals surface area (Å²) in [6.07, 6.45) is 0.723. The predicted octanol–water partition coefficient (Wildman–Crippen LogP) is 3.14. The van der Waals surface area contributed by atoms with E-state index in [-0.39, 0.29) is 29.2 Å². The van der Waals surface area contributed by atoms with E-state index >= 15 is 0 Å². The lowest BCUT2D eigenvalue weighted by molar-refractivity contribution is -0.117. The van der Waals surface area contributed by atoms with Crippen molar-refractivity contribution in [1.29, 1.82) is 0 Å². The average Bonchev–Trinajstić information content (AvgIpc) is 3.22. The summed E-state index contributed by atoms with van der Waals surface area (Å²) in [6, 6.07) is 7.89. The maximum absolute atomic E-state index is 13.3. The Balaban J connectivity index is 1.86. The van der Waals surface area contributed by atoms with Gasteiger partial charge in [-0.05, 0) is 36.6 Å². The Morgan fingerprint density at radius 1 is 1.26 bits per heavy atom. The minimum absolute atomic E-state index is 0.116. The molecule has 1 aromatic carbocycles. The van der Waals surface area contributed by atoms with Crippen LogP contribution in [0.1, 0.15) is 46.7 Å². The van der Waals surface area contributed by atoms with Crippen LogP contribution >= 0.6 is 0 Å². The number of nitrogens with one attached hydrogen (secondary N) is 3. The van der Waals surface area contributed by atoms with Crippen LogP contribution < -0.4 is 16.2 Å². The van der Waals surface area contributed by atoms with E-state index in [1.807, 2.05) is 6.07 Å². The molecular formula is C20H28FN5O. The molecule has 2 unspecified atom stereocenters. The maximum Gasteiger partial charge on any atom is 0.244 e. The molecule has 1 fully saturated rings. The number of amides is 1. The fraction of sp³-hybridized carbons (Fsp3) is 0.500. The molecule has 6 nitrogen and oxygen atoms in total. The van der Waals surface area contributed by atoms with Crippen molar-refractivity contribution in [2.24, 2.45) is 5.92 Å². The molecule has 1 aliphatic rings. The molecule has 0 radical (unpaired) electrons. The van der Waals surface area contributed by atoms with E-state index in [9.17, 15) is 9.18 Å². The van der Waals surface area contributed by atoms with E-state index < -0.39 is 0 Å². The Bertz CT molecular complexity index is 807. The normalized spacial score (nSPS) is 20.3. The number of anilines is 1. The minimum Gasteiger partial charge on any atom is -0.309 e. The van der Waals surface area contributed by atoms with Gasteiger partial charge in [0, 0.05) is 17.5 Å². The lowest BCUT2D eigenvalue weighted by Crippen LogP contribution is -2.40. The van der Waals surface area contributed by atoms with Gasteiger partial charge in [-0.2, -0.15) is 5.10 Å². The van der Waals surface area contributed by atoms with Gasteiger partial charge in [-0.1, -0.05) is 34.6 Å². The highest BCUT2D eigenvalue weighted by Crippen LogP contribution is 2.27. The van der Waals surface area contributed by atoms with Crippen molar-refractivity contribution in [1.82, 2.24) is 20.6 Å². The van der Waals surface area contributed by atoms with Crippen LogP contribution in [0.15, 0.2) is 30.3 Å². The molecule has 1 saturated heterocycles. The number of halogens is 1. The van der Waals surface area contributed by atoms with E-state index in [1.54, 1.807) is 16.8 Å². The van der Waals surface area contributed by atoms with Gasteiger partial charge in [-0.25, -0.2) is 14.5 Å². The first-order valence-corrected chi connectivity index (χ1v) is 9.33. The fourth-order valence-corrected chi connectivity index (χ4v) is 3.02. The summed E-state index contributed by atoms with van der Waals surface area (Å²) in [5.74, 6) is 0.585. The standard InChI is InChI=1S/C20H28FN5O/c1-12(2)15-10-16(24-23-15)19(27)22-18-11-17(20(3,4)5)25-26(18)14-8-6-13(21)7-9-14/h6-9,11-12,15-16,23-24H,10H2,1-5H3,(H,22,27). The van der Waals surface area contributed by atoms with Gasteiger partial charge < -0.3 is 5.32 Å². The Hall–Kier alpha value is -2.25. The van der Waals surface area contributed by atoms with E-state index in [2.05, 4.69) is 55.9 Å². The van der Waals surface area contributed by atoms with Crippen molar-refractivity contribution in [3.63, 3.8) is 0 Å². The molecule has 2 aromatic rings. The summed E-state index contributed by atoms with van der Waals surface area (Å²) in [5.41, 5.74) is 7.61. The van der Waals surface area contributed by atoms with Crippen molar-refractivity contribution >= 4 is 11.7 Å². The van der Waals surface area contributed by atoms with Gasteiger partial charge in [0.2, 0.25) is 5.91 Å². The van der Waals surface area contributed by atoms with E-state index in [4.69, 9.17) is 0 Å². The second-order valence-corrected chi connectivity index (χ2v) is 8.47. The van der Waals surface area contributed by atoms with Crippen LogP contribution in [0.5, 0.6) is 0 Å². The van der Waals surface area contributed by atoms with Gasteiger partial charge in [0.25, 0.3) is 0 Å². The SMILES string of the molecule is CC(C)C1CC(C(=O)Nc2cc(C(C)(C)C)nn2-c2ccc(F)cc2)NN1. The molecule has 146 valence electrons. The molecule has 2 atom stereocenters. The third-order valence-electron chi connectivity index (χ3n) is 4.85. The quantitative estimate of drug-likeness (QED) is 0.770. The van der Waals surface area contributed by atoms with Crippen molar-refractivity contribution in [2.75, 3.05) is 5.32 Å². The largest absolute Gasteiger partial charge is 0.309 e. The fourth-order valence-electron chi connectivity index (χ4n) is 3.02. The number of nitrogens with zero attached hydrogens (tertiary/aromatic N) is 2. The molecular weight excluding hydrogens is 345 g/mol. The number of hydrogen-bond acceptors (Lipinski definition) is 4. The molecule has 3 rings (SSSR count). The number of aromatic nitrogens is 2. The molecule has 0 spiro atoms. The van der Waals surface area contributed by atoms with Crippen LogP contribution in [-0.2, 0) is 10.2 Å². The first-order valence-electron chi connectivity index (χ1n) is 9.33. The molecule has 1 aliphatic heterocycles. The van der Waals surface area contributed by atoms with Gasteiger partial charge in [0.05, 0.1) is 11.4 Å². The van der Waals surface area contributed by atoms with E-state index in [1.165, 1.54) is 12.1 Å². The molecule has 0 aliphatic carbocycles. The Labute approximate surface area is 159 Å². The van der Waals surface area contributed by atoms with Crippen molar-refractivity contribution in [2.45, 2.75) is 58.5 Å². The molecule has 0 bridgehead atoms. The highest BCUT2D eigenvalue weighted by Gasteiger charge is 2.31. The predicted molar refractivity (Wildman–Crippen MR) is 104 cm³/mol. The highest BCUT2D eigenvalue weighted by atomic mass is 19.1. The summed E-state index contributed by atoms with van der Waals surface area (Å²) in [6.45, 7) is 10.4. The third-order valence-corrected chi connectivity index (χ3v) is 4.85. The van der Waals surface area contributed by atoms with Crippen molar-refractivity contribution < 1.29 is 9.18 Å². The zero-order chi connectivity index (χ0) is 19.8. The molecule has 2 heterocycles. The molecule has 1 aromatic heterocycles. The second kappa shape index (κ2) is 7.40. The Morgan fingerprint density at radius 3 is 2.48 bits per heavy atom. The average molecular weight is 373 g/mol. The molecule has 7 heteroatoms. The summed E-state index contributed by atoms with van der Waals surface area (Å²) >= 11 is 0. The monoisotopic (exact) mass is 373 g/mol. The molecule has 0 saturated carbocycles. The summed E-state index contributed by atoms with van der Waals surface area (Å²) in [5, 5.41) is 7.63. The third kappa shape index (κ3) is 4.36. The van der Waals surface area contributed by atoms with E-state index in [0.29, 0.717) is 17.4 Å².